The van der Waals surface area contributed by atoms with E-state index in [0.29, 0.717) is 19.6 Å². The van der Waals surface area contributed by atoms with Gasteiger partial charge in [0.2, 0.25) is 10.0 Å². The van der Waals surface area contributed by atoms with Gasteiger partial charge in [0.15, 0.2) is 0 Å². The van der Waals surface area contributed by atoms with Crippen LogP contribution in [-0.4, -0.2) is 71.1 Å². The lowest BCUT2D eigenvalue weighted by molar-refractivity contribution is -0.908. The number of nitrogens with one attached hydrogen (secondary N) is 2. The van der Waals surface area contributed by atoms with E-state index < -0.39 is 10.0 Å². The number of hydrogen-bond acceptors (Lipinski definition) is 4. The average molecular weight is 419 g/mol. The van der Waals surface area contributed by atoms with E-state index >= 15 is 0 Å². The summed E-state index contributed by atoms with van der Waals surface area (Å²) in [5.41, 5.74) is 0.184. The molecular weight excluding hydrogens is 390 g/mol. The fraction of sp³-hybridized carbons (Fsp3) is 0.611. The number of halogens is 1. The van der Waals surface area contributed by atoms with Gasteiger partial charge in [-0.2, -0.15) is 4.31 Å². The first-order valence-corrected chi connectivity index (χ1v) is 11.2. The van der Waals surface area contributed by atoms with Crippen LogP contribution in [-0.2, 0) is 14.8 Å². The fourth-order valence-electron chi connectivity index (χ4n) is 3.10. The molecule has 9 heteroatoms. The number of hydrogen-bond donors (Lipinski definition) is 2. The zero-order chi connectivity index (χ0) is 19.9. The van der Waals surface area contributed by atoms with Gasteiger partial charge in [-0.1, -0.05) is 25.4 Å². The highest BCUT2D eigenvalue weighted by Gasteiger charge is 2.24. The van der Waals surface area contributed by atoms with Crippen molar-refractivity contribution in [2.75, 3.05) is 52.5 Å². The number of sulfonamides is 1. The van der Waals surface area contributed by atoms with Crippen molar-refractivity contribution >= 4 is 27.5 Å². The largest absolute Gasteiger partial charge is 0.370 e. The zero-order valence-corrected chi connectivity index (χ0v) is 17.5. The second kappa shape index (κ2) is 10.4. The van der Waals surface area contributed by atoms with E-state index in [1.54, 1.807) is 13.8 Å². The molecule has 0 radical (unpaired) electrons. The Balaban J connectivity index is 1.99. The Morgan fingerprint density at radius 3 is 2.56 bits per heavy atom. The summed E-state index contributed by atoms with van der Waals surface area (Å²) in [4.78, 5) is 14.0. The van der Waals surface area contributed by atoms with Gasteiger partial charge < -0.3 is 15.0 Å². The topological polar surface area (TPSA) is 80.2 Å². The van der Waals surface area contributed by atoms with E-state index in [2.05, 4.69) is 5.32 Å². The molecule has 7 nitrogen and oxygen atoms in total. The molecule has 0 atom stereocenters. The molecule has 1 saturated heterocycles. The molecule has 2 N–H and O–H groups in total. The summed E-state index contributed by atoms with van der Waals surface area (Å²) in [5, 5.41) is 3.08. The van der Waals surface area contributed by atoms with E-state index in [9.17, 15) is 13.2 Å². The van der Waals surface area contributed by atoms with Crippen LogP contribution in [0.4, 0.5) is 0 Å². The number of ether oxygens (including phenoxy) is 1. The van der Waals surface area contributed by atoms with Gasteiger partial charge >= 0.3 is 0 Å². The molecule has 1 amide bonds. The van der Waals surface area contributed by atoms with Crippen molar-refractivity contribution in [3.05, 3.63) is 28.8 Å². The Bertz CT molecular complexity index is 732. The van der Waals surface area contributed by atoms with Gasteiger partial charge in [0, 0.05) is 26.1 Å². The standard InChI is InChI=1S/C18H28ClN3O4S/c1-3-22(4-2)27(24,25)15-6-7-17(19)16(14-15)18(23)20-8-5-9-21-10-12-26-13-11-21/h6-7,14H,3-5,8-13H2,1-2H3,(H,20,23)/p+1. The number of benzene rings is 1. The number of carbonyl (C=O) groups excluding carboxylic acids is 1. The van der Waals surface area contributed by atoms with E-state index in [4.69, 9.17) is 16.3 Å². The highest BCUT2D eigenvalue weighted by Crippen LogP contribution is 2.23. The summed E-state index contributed by atoms with van der Waals surface area (Å²) >= 11 is 6.14. The minimum atomic E-state index is -3.63. The molecule has 0 saturated carbocycles. The number of rotatable bonds is 9. The van der Waals surface area contributed by atoms with Crippen LogP contribution >= 0.6 is 11.6 Å². The molecule has 152 valence electrons. The first-order chi connectivity index (χ1) is 12.9. The van der Waals surface area contributed by atoms with Crippen LogP contribution in [0.15, 0.2) is 23.1 Å². The Morgan fingerprint density at radius 2 is 1.93 bits per heavy atom. The van der Waals surface area contributed by atoms with Gasteiger partial charge in [-0.05, 0) is 18.2 Å². The van der Waals surface area contributed by atoms with Crippen LogP contribution in [0, 0.1) is 0 Å². The summed E-state index contributed by atoms with van der Waals surface area (Å²) in [6.07, 6.45) is 0.843. The molecule has 0 bridgehead atoms. The van der Waals surface area contributed by atoms with E-state index in [1.807, 2.05) is 0 Å². The minimum absolute atomic E-state index is 0.0820. The third-order valence-corrected chi connectivity index (χ3v) is 7.09. The van der Waals surface area contributed by atoms with Crippen molar-refractivity contribution < 1.29 is 22.8 Å². The normalized spacial score (nSPS) is 15.9. The molecule has 1 heterocycles. The van der Waals surface area contributed by atoms with Crippen LogP contribution in [0.3, 0.4) is 0 Å². The Hall–Kier alpha value is -1.19. The summed E-state index contributed by atoms with van der Waals surface area (Å²) in [7, 11) is -3.63. The van der Waals surface area contributed by atoms with Crippen LogP contribution in [0.25, 0.3) is 0 Å². The number of quaternary nitrogens is 1. The fourth-order valence-corrected chi connectivity index (χ4v) is 4.79. The minimum Gasteiger partial charge on any atom is -0.370 e. The summed E-state index contributed by atoms with van der Waals surface area (Å²) in [6, 6.07) is 4.26. The third kappa shape index (κ3) is 5.89. The number of morpholine rings is 1. The average Bonchev–Trinajstić information content (AvgIpc) is 2.67. The monoisotopic (exact) mass is 418 g/mol. The predicted molar refractivity (Wildman–Crippen MR) is 105 cm³/mol. The molecule has 27 heavy (non-hydrogen) atoms. The first kappa shape index (κ1) is 22.1. The zero-order valence-electron chi connectivity index (χ0n) is 16.0. The highest BCUT2D eigenvalue weighted by molar-refractivity contribution is 7.89. The van der Waals surface area contributed by atoms with Crippen molar-refractivity contribution in [3.63, 3.8) is 0 Å². The predicted octanol–water partition coefficient (Wildman–Crippen LogP) is 0.406. The quantitative estimate of drug-likeness (QED) is 0.569. The van der Waals surface area contributed by atoms with Crippen LogP contribution in [0.1, 0.15) is 30.6 Å². The van der Waals surface area contributed by atoms with E-state index in [-0.39, 0.29) is 21.4 Å². The van der Waals surface area contributed by atoms with Gasteiger partial charge in [0.1, 0.15) is 13.1 Å². The van der Waals surface area contributed by atoms with Gasteiger partial charge in [-0.3, -0.25) is 4.79 Å². The Morgan fingerprint density at radius 1 is 1.26 bits per heavy atom. The van der Waals surface area contributed by atoms with Crippen molar-refractivity contribution in [2.24, 2.45) is 0 Å². The molecule has 0 aliphatic carbocycles. The van der Waals surface area contributed by atoms with Crippen LogP contribution in [0.2, 0.25) is 5.02 Å². The molecular formula is C18H29ClN3O4S+. The highest BCUT2D eigenvalue weighted by atomic mass is 35.5. The first-order valence-electron chi connectivity index (χ1n) is 9.39. The SMILES string of the molecule is CCN(CC)S(=O)(=O)c1ccc(Cl)c(C(=O)NCCC[NH+]2CCOCC2)c1. The molecule has 1 aromatic carbocycles. The molecule has 0 spiro atoms. The third-order valence-electron chi connectivity index (χ3n) is 4.72. The molecule has 0 unspecified atom stereocenters. The van der Waals surface area contributed by atoms with Crippen molar-refractivity contribution in [1.82, 2.24) is 9.62 Å². The number of amides is 1. The summed E-state index contributed by atoms with van der Waals surface area (Å²) in [6.45, 7) is 9.33. The molecule has 1 aliphatic rings. The molecule has 1 fully saturated rings. The Labute approximate surface area is 166 Å². The second-order valence-electron chi connectivity index (χ2n) is 6.45. The van der Waals surface area contributed by atoms with E-state index in [0.717, 1.165) is 39.3 Å². The van der Waals surface area contributed by atoms with Crippen LogP contribution < -0.4 is 10.2 Å². The van der Waals surface area contributed by atoms with Crippen LogP contribution in [0.5, 0.6) is 0 Å². The molecule has 1 aromatic rings. The lowest BCUT2D eigenvalue weighted by Crippen LogP contribution is -3.14. The Kier molecular flexibility index (Phi) is 8.50. The summed E-state index contributed by atoms with van der Waals surface area (Å²) < 4.78 is 32.0. The van der Waals surface area contributed by atoms with Gasteiger partial charge in [-0.25, -0.2) is 8.42 Å². The number of nitrogens with zero attached hydrogens (tertiary/aromatic N) is 1. The molecule has 1 aliphatic heterocycles. The van der Waals surface area contributed by atoms with Gasteiger partial charge in [-0.15, -0.1) is 0 Å². The summed E-state index contributed by atoms with van der Waals surface area (Å²) in [5.74, 6) is -0.353. The molecule has 0 aromatic heterocycles. The second-order valence-corrected chi connectivity index (χ2v) is 8.80. The van der Waals surface area contributed by atoms with E-state index in [1.165, 1.54) is 27.4 Å². The van der Waals surface area contributed by atoms with Gasteiger partial charge in [0.05, 0.1) is 35.2 Å². The maximum Gasteiger partial charge on any atom is 0.252 e. The van der Waals surface area contributed by atoms with Crippen molar-refractivity contribution in [2.45, 2.75) is 25.2 Å². The van der Waals surface area contributed by atoms with Gasteiger partial charge in [0.25, 0.3) is 5.91 Å². The molecule has 2 rings (SSSR count). The number of carbonyl (C=O) groups is 1. The lowest BCUT2D eigenvalue weighted by atomic mass is 10.2. The van der Waals surface area contributed by atoms with Crippen molar-refractivity contribution in [3.8, 4) is 0 Å². The lowest BCUT2D eigenvalue weighted by Gasteiger charge is -2.23. The maximum absolute atomic E-state index is 12.7. The smallest absolute Gasteiger partial charge is 0.252 e. The maximum atomic E-state index is 12.7. The van der Waals surface area contributed by atoms with Crippen molar-refractivity contribution in [1.29, 1.82) is 0 Å².